The highest BCUT2D eigenvalue weighted by Gasteiger charge is 2.51. The van der Waals surface area contributed by atoms with E-state index < -0.39 is 5.60 Å². The fourth-order valence-corrected chi connectivity index (χ4v) is 3.94. The number of hydrogen-bond acceptors (Lipinski definition) is 2. The first-order valence-corrected chi connectivity index (χ1v) is 7.58. The van der Waals surface area contributed by atoms with Crippen LogP contribution in [-0.4, -0.2) is 11.6 Å². The van der Waals surface area contributed by atoms with Gasteiger partial charge in [0.1, 0.15) is 0 Å². The van der Waals surface area contributed by atoms with Gasteiger partial charge in [0.2, 0.25) is 0 Å². The number of esters is 1. The molecule has 2 aromatic rings. The fourth-order valence-electron chi connectivity index (χ4n) is 3.94. The lowest BCUT2D eigenvalue weighted by Gasteiger charge is -2.38. The molecule has 0 saturated carbocycles. The summed E-state index contributed by atoms with van der Waals surface area (Å²) >= 11 is 0. The van der Waals surface area contributed by atoms with Gasteiger partial charge in [0, 0.05) is 0 Å². The monoisotopic (exact) mass is 286 g/mol. The summed E-state index contributed by atoms with van der Waals surface area (Å²) in [6.45, 7) is 0. The molecule has 1 aliphatic heterocycles. The first kappa shape index (κ1) is 12.0. The maximum atomic E-state index is 11.9. The second-order valence-corrected chi connectivity index (χ2v) is 6.16. The number of rotatable bonds is 0. The first-order valence-electron chi connectivity index (χ1n) is 7.58. The van der Waals surface area contributed by atoms with Crippen molar-refractivity contribution >= 4 is 22.8 Å². The highest BCUT2D eigenvalue weighted by molar-refractivity contribution is 5.88. The van der Waals surface area contributed by atoms with Gasteiger partial charge in [-0.25, -0.2) is 0 Å². The molecule has 0 radical (unpaired) electrons. The number of allylic oxidation sites excluding steroid dienone is 2. The predicted molar refractivity (Wildman–Crippen MR) is 86.4 cm³/mol. The Balaban J connectivity index is 1.78. The molecule has 1 heterocycles. The van der Waals surface area contributed by atoms with Crippen LogP contribution in [0.4, 0.5) is 0 Å². The van der Waals surface area contributed by atoms with Gasteiger partial charge in [0.05, 0.1) is 12.3 Å². The molecule has 0 amide bonds. The van der Waals surface area contributed by atoms with Crippen molar-refractivity contribution in [2.45, 2.75) is 17.9 Å². The van der Waals surface area contributed by atoms with Crippen LogP contribution >= 0.6 is 0 Å². The topological polar surface area (TPSA) is 26.3 Å². The zero-order valence-electron chi connectivity index (χ0n) is 12.0. The molecule has 2 aromatic carbocycles. The van der Waals surface area contributed by atoms with E-state index in [4.69, 9.17) is 4.74 Å². The molecule has 0 N–H and O–H groups in total. The quantitative estimate of drug-likeness (QED) is 0.681. The normalized spacial score (nSPS) is 27.9. The Labute approximate surface area is 128 Å². The molecule has 0 unspecified atom stereocenters. The van der Waals surface area contributed by atoms with E-state index in [9.17, 15) is 4.79 Å². The van der Waals surface area contributed by atoms with Gasteiger partial charge in [-0.3, -0.25) is 4.79 Å². The summed E-state index contributed by atoms with van der Waals surface area (Å²) in [4.78, 5) is 11.9. The zero-order valence-corrected chi connectivity index (χ0v) is 12.0. The molecule has 2 aliphatic carbocycles. The molecule has 22 heavy (non-hydrogen) atoms. The van der Waals surface area contributed by atoms with Gasteiger partial charge in [0.25, 0.3) is 0 Å². The van der Waals surface area contributed by atoms with Crippen LogP contribution < -0.4 is 0 Å². The summed E-state index contributed by atoms with van der Waals surface area (Å²) in [5.41, 5.74) is 2.92. The average Bonchev–Trinajstić information content (AvgIpc) is 2.87. The van der Waals surface area contributed by atoms with E-state index in [-0.39, 0.29) is 11.9 Å². The standard InChI is InChI=1S/C20H14O2/c21-19-12-16-6-3-7-18-17-11-14-5-2-1-4-13(14)10-15(17)8-9-20(16,18)22-19/h1-11,18H,12H2/t18-,20+/m1/s1. The third-order valence-electron chi connectivity index (χ3n) is 4.98. The van der Waals surface area contributed by atoms with E-state index >= 15 is 0 Å². The average molecular weight is 286 g/mol. The molecular formula is C20H14O2. The van der Waals surface area contributed by atoms with Crippen LogP contribution in [0.2, 0.25) is 0 Å². The number of hydrogen-bond donors (Lipinski definition) is 0. The molecule has 1 saturated heterocycles. The lowest BCUT2D eigenvalue weighted by molar-refractivity contribution is -0.145. The molecular weight excluding hydrogens is 272 g/mol. The number of benzene rings is 2. The second kappa shape index (κ2) is 3.98. The minimum absolute atomic E-state index is 0.0727. The van der Waals surface area contributed by atoms with Crippen molar-refractivity contribution in [2.24, 2.45) is 0 Å². The molecule has 2 heteroatoms. The van der Waals surface area contributed by atoms with Crippen molar-refractivity contribution < 1.29 is 9.53 Å². The second-order valence-electron chi connectivity index (χ2n) is 6.16. The summed E-state index contributed by atoms with van der Waals surface area (Å²) < 4.78 is 5.78. The Hall–Kier alpha value is -2.61. The Morgan fingerprint density at radius 1 is 1.14 bits per heavy atom. The van der Waals surface area contributed by atoms with E-state index in [0.717, 1.165) is 5.57 Å². The highest BCUT2D eigenvalue weighted by Crippen LogP contribution is 2.51. The Kier molecular flexibility index (Phi) is 2.17. The van der Waals surface area contributed by atoms with Crippen molar-refractivity contribution in [1.82, 2.24) is 0 Å². The minimum atomic E-state index is -0.596. The molecule has 2 atom stereocenters. The number of ether oxygens (including phenoxy) is 1. The summed E-state index contributed by atoms with van der Waals surface area (Å²) in [6, 6.07) is 12.8. The molecule has 5 rings (SSSR count). The predicted octanol–water partition coefficient (Wildman–Crippen LogP) is 4.13. The molecule has 1 spiro atoms. The Morgan fingerprint density at radius 3 is 2.82 bits per heavy atom. The van der Waals surface area contributed by atoms with Crippen LogP contribution in [0.15, 0.2) is 66.3 Å². The largest absolute Gasteiger partial charge is 0.449 e. The summed E-state index contributed by atoms with van der Waals surface area (Å²) in [5.74, 6) is -0.0580. The van der Waals surface area contributed by atoms with Crippen LogP contribution in [0.3, 0.4) is 0 Å². The number of fused-ring (bicyclic) bond motifs is 3. The SMILES string of the molecule is O=C1CC2=CC=C[C@@H]3c4cc5ccccc5cc4C=C[C@]23O1. The van der Waals surface area contributed by atoms with Crippen LogP contribution in [0, 0.1) is 0 Å². The maximum absolute atomic E-state index is 11.9. The van der Waals surface area contributed by atoms with Gasteiger partial charge >= 0.3 is 5.97 Å². The van der Waals surface area contributed by atoms with Gasteiger partial charge in [-0.15, -0.1) is 0 Å². The molecule has 0 aromatic heterocycles. The van der Waals surface area contributed by atoms with E-state index in [1.165, 1.54) is 21.9 Å². The lowest BCUT2D eigenvalue weighted by Crippen LogP contribution is -2.38. The van der Waals surface area contributed by atoms with Crippen LogP contribution in [-0.2, 0) is 9.53 Å². The Bertz CT molecular complexity index is 916. The van der Waals surface area contributed by atoms with Gasteiger partial charge < -0.3 is 4.74 Å². The number of carbonyl (C=O) groups excluding carboxylic acids is 1. The van der Waals surface area contributed by atoms with Crippen molar-refractivity contribution in [3.63, 3.8) is 0 Å². The Morgan fingerprint density at radius 2 is 1.95 bits per heavy atom. The fraction of sp³-hybridized carbons (Fsp3) is 0.150. The molecule has 3 aliphatic rings. The lowest BCUT2D eigenvalue weighted by atomic mass is 9.70. The van der Waals surface area contributed by atoms with Gasteiger partial charge in [-0.05, 0) is 45.7 Å². The van der Waals surface area contributed by atoms with Crippen molar-refractivity contribution in [3.05, 3.63) is 77.4 Å². The van der Waals surface area contributed by atoms with Crippen molar-refractivity contribution in [3.8, 4) is 0 Å². The molecule has 1 fully saturated rings. The van der Waals surface area contributed by atoms with Crippen molar-refractivity contribution in [1.29, 1.82) is 0 Å². The maximum Gasteiger partial charge on any atom is 0.311 e. The molecule has 0 bridgehead atoms. The minimum Gasteiger partial charge on any atom is -0.449 e. The highest BCUT2D eigenvalue weighted by atomic mass is 16.6. The number of carbonyl (C=O) groups is 1. The summed E-state index contributed by atoms with van der Waals surface area (Å²) in [6.07, 6.45) is 10.8. The first-order chi connectivity index (χ1) is 10.8. The summed E-state index contributed by atoms with van der Waals surface area (Å²) in [7, 11) is 0. The van der Waals surface area contributed by atoms with Crippen LogP contribution in [0.1, 0.15) is 23.5 Å². The molecule has 106 valence electrons. The third kappa shape index (κ3) is 1.42. The van der Waals surface area contributed by atoms with E-state index in [0.29, 0.717) is 6.42 Å². The zero-order chi connectivity index (χ0) is 14.7. The van der Waals surface area contributed by atoms with E-state index in [2.05, 4.69) is 60.7 Å². The van der Waals surface area contributed by atoms with Crippen LogP contribution in [0.25, 0.3) is 16.8 Å². The van der Waals surface area contributed by atoms with E-state index in [1.807, 2.05) is 6.08 Å². The molecule has 2 nitrogen and oxygen atoms in total. The van der Waals surface area contributed by atoms with Crippen LogP contribution in [0.5, 0.6) is 0 Å². The van der Waals surface area contributed by atoms with Gasteiger partial charge in [-0.2, -0.15) is 0 Å². The van der Waals surface area contributed by atoms with Gasteiger partial charge in [0.15, 0.2) is 5.60 Å². The van der Waals surface area contributed by atoms with Crippen molar-refractivity contribution in [2.75, 3.05) is 0 Å². The van der Waals surface area contributed by atoms with Gasteiger partial charge in [-0.1, -0.05) is 48.6 Å². The third-order valence-corrected chi connectivity index (χ3v) is 4.98. The summed E-state index contributed by atoms with van der Waals surface area (Å²) in [5, 5.41) is 2.46. The smallest absolute Gasteiger partial charge is 0.311 e. The van der Waals surface area contributed by atoms with E-state index in [1.54, 1.807) is 0 Å².